The summed E-state index contributed by atoms with van der Waals surface area (Å²) in [5, 5.41) is 0. The highest BCUT2D eigenvalue weighted by Crippen LogP contribution is 2.05. The van der Waals surface area contributed by atoms with Crippen molar-refractivity contribution >= 4 is 8.80 Å². The lowest BCUT2D eigenvalue weighted by atomic mass is 10.7. The molecule has 1 radical (unpaired) electrons. The summed E-state index contributed by atoms with van der Waals surface area (Å²) in [6.45, 7) is 9.69. The van der Waals surface area contributed by atoms with Gasteiger partial charge >= 0.3 is 0 Å². The van der Waals surface area contributed by atoms with E-state index in [9.17, 15) is 0 Å². The van der Waals surface area contributed by atoms with Gasteiger partial charge in [0.05, 0.1) is 8.80 Å². The van der Waals surface area contributed by atoms with Crippen LogP contribution in [0.25, 0.3) is 0 Å². The maximum atomic E-state index is 3.72. The Morgan fingerprint density at radius 3 is 1.80 bits per heavy atom. The predicted molar refractivity (Wildman–Crippen MR) is 48.7 cm³/mol. The van der Waals surface area contributed by atoms with Crippen molar-refractivity contribution in [3.63, 3.8) is 0 Å². The second-order valence-electron chi connectivity index (χ2n) is 2.09. The van der Waals surface area contributed by atoms with E-state index in [1.807, 2.05) is 12.2 Å². The molecule has 0 heterocycles. The molecule has 0 nitrogen and oxygen atoms in total. The topological polar surface area (TPSA) is 0 Å². The van der Waals surface area contributed by atoms with E-state index in [-0.39, 0.29) is 13.5 Å². The Labute approximate surface area is 64.6 Å². The molecule has 2 heteroatoms. The molecule has 59 valence electrons. The molecule has 0 aliphatic rings. The van der Waals surface area contributed by atoms with Crippen LogP contribution in [0.15, 0.2) is 25.3 Å². The first kappa shape index (κ1) is 12.3. The van der Waals surface area contributed by atoms with Gasteiger partial charge in [-0.2, -0.15) is 0 Å². The normalized spacial score (nSPS) is 8.60. The molecule has 0 spiro atoms. The highest BCUT2D eigenvalue weighted by molar-refractivity contribution is 6.59. The van der Waals surface area contributed by atoms with Crippen LogP contribution in [0.1, 0.15) is 6.92 Å². The van der Waals surface area contributed by atoms with Crippen molar-refractivity contribution in [1.82, 2.24) is 0 Å². The zero-order valence-corrected chi connectivity index (χ0v) is 7.60. The first-order valence-electron chi connectivity index (χ1n) is 3.40. The van der Waals surface area contributed by atoms with Gasteiger partial charge in [-0.25, -0.2) is 0 Å². The molecule has 0 atom stereocenters. The highest BCUT2D eigenvalue weighted by Gasteiger charge is 2.01. The van der Waals surface area contributed by atoms with Crippen LogP contribution >= 0.6 is 0 Å². The fourth-order valence-corrected chi connectivity index (χ4v) is 2.34. The van der Waals surface area contributed by atoms with Gasteiger partial charge < -0.3 is 0 Å². The molecular formula is C8H16FSi. The van der Waals surface area contributed by atoms with E-state index in [0.717, 1.165) is 0 Å². The van der Waals surface area contributed by atoms with Gasteiger partial charge in [-0.3, -0.25) is 4.70 Å². The third-order valence-corrected chi connectivity index (χ3v) is 4.10. The fourth-order valence-electron chi connectivity index (χ4n) is 0.780. The monoisotopic (exact) mass is 159 g/mol. The highest BCUT2D eigenvalue weighted by atomic mass is 28.3. The lowest BCUT2D eigenvalue weighted by Gasteiger charge is -2.04. The summed E-state index contributed by atoms with van der Waals surface area (Å²) >= 11 is 0. The van der Waals surface area contributed by atoms with Crippen molar-refractivity contribution in [3.05, 3.63) is 25.3 Å². The van der Waals surface area contributed by atoms with Gasteiger partial charge in [-0.1, -0.05) is 25.1 Å². The Hall–Kier alpha value is -0.373. The molecule has 0 bridgehead atoms. The Morgan fingerprint density at radius 2 is 1.60 bits per heavy atom. The van der Waals surface area contributed by atoms with Crippen LogP contribution in [0.5, 0.6) is 0 Å². The Kier molecular flexibility index (Phi) is 10.6. The molecule has 0 aliphatic carbocycles. The van der Waals surface area contributed by atoms with E-state index in [1.165, 1.54) is 18.1 Å². The molecule has 0 saturated heterocycles. The quantitative estimate of drug-likeness (QED) is 0.427. The van der Waals surface area contributed by atoms with Gasteiger partial charge in [-0.15, -0.1) is 13.2 Å². The lowest BCUT2D eigenvalue weighted by Crippen LogP contribution is -2.06. The van der Waals surface area contributed by atoms with E-state index in [0.29, 0.717) is 0 Å². The number of hydrogen-bond donors (Lipinski definition) is 0. The van der Waals surface area contributed by atoms with Crippen molar-refractivity contribution in [1.29, 1.82) is 0 Å². The predicted octanol–water partition coefficient (Wildman–Crippen LogP) is 3.03. The summed E-state index contributed by atoms with van der Waals surface area (Å²) in [4.78, 5) is 0. The minimum atomic E-state index is -0.122. The van der Waals surface area contributed by atoms with Gasteiger partial charge in [0.15, 0.2) is 0 Å². The van der Waals surface area contributed by atoms with E-state index in [2.05, 4.69) is 20.1 Å². The first-order valence-corrected chi connectivity index (χ1v) is 5.52. The third kappa shape index (κ3) is 5.76. The van der Waals surface area contributed by atoms with E-state index >= 15 is 0 Å². The average Bonchev–Trinajstić information content (AvgIpc) is 1.88. The largest absolute Gasteiger partial charge is 0.269 e. The summed E-state index contributed by atoms with van der Waals surface area (Å²) in [5.41, 5.74) is 0. The standard InChI is InChI=1S/C8H15Si.FH/c1-4-7-9(6-3)8-5-2;/h4-5H,1-2,6-8H2,3H3;1H. The average molecular weight is 159 g/mol. The van der Waals surface area contributed by atoms with E-state index in [4.69, 9.17) is 0 Å². The van der Waals surface area contributed by atoms with Gasteiger partial charge in [0.1, 0.15) is 0 Å². The van der Waals surface area contributed by atoms with Crippen molar-refractivity contribution in [2.24, 2.45) is 0 Å². The molecule has 0 aromatic heterocycles. The summed E-state index contributed by atoms with van der Waals surface area (Å²) in [5.74, 6) is 0. The number of allylic oxidation sites excluding steroid dienone is 2. The fraction of sp³-hybridized carbons (Fsp3) is 0.500. The van der Waals surface area contributed by atoms with Crippen LogP contribution in [0.4, 0.5) is 4.70 Å². The SMILES string of the molecule is C=CC[Si](CC)CC=C.F. The van der Waals surface area contributed by atoms with Gasteiger partial charge in [0.2, 0.25) is 0 Å². The number of rotatable bonds is 5. The Bertz CT molecular complexity index is 81.3. The minimum Gasteiger partial charge on any atom is -0.269 e. The number of halogens is 1. The zero-order chi connectivity index (χ0) is 7.11. The molecule has 0 fully saturated rings. The second-order valence-corrected chi connectivity index (χ2v) is 5.11. The second kappa shape index (κ2) is 8.63. The zero-order valence-electron chi connectivity index (χ0n) is 6.60. The molecule has 0 N–H and O–H groups in total. The van der Waals surface area contributed by atoms with Crippen LogP contribution in [0.3, 0.4) is 0 Å². The molecule has 0 aromatic carbocycles. The van der Waals surface area contributed by atoms with Crippen LogP contribution < -0.4 is 0 Å². The summed E-state index contributed by atoms with van der Waals surface area (Å²) in [7, 11) is -0.122. The molecule has 0 aliphatic heterocycles. The smallest absolute Gasteiger partial charge is 0.0555 e. The van der Waals surface area contributed by atoms with Gasteiger partial charge in [-0.05, 0) is 12.1 Å². The van der Waals surface area contributed by atoms with Crippen LogP contribution in [-0.2, 0) is 0 Å². The van der Waals surface area contributed by atoms with Crippen LogP contribution in [-0.4, -0.2) is 8.80 Å². The van der Waals surface area contributed by atoms with Gasteiger partial charge in [0.25, 0.3) is 0 Å². The number of hydrogen-bond acceptors (Lipinski definition) is 0. The van der Waals surface area contributed by atoms with Crippen LogP contribution in [0, 0.1) is 0 Å². The van der Waals surface area contributed by atoms with Crippen molar-refractivity contribution < 1.29 is 4.70 Å². The molecule has 0 saturated carbocycles. The lowest BCUT2D eigenvalue weighted by molar-refractivity contribution is 1.11. The van der Waals surface area contributed by atoms with Crippen LogP contribution in [0.2, 0.25) is 18.1 Å². The summed E-state index contributed by atoms with van der Waals surface area (Å²) < 4.78 is 0. The Morgan fingerprint density at radius 1 is 1.20 bits per heavy atom. The van der Waals surface area contributed by atoms with Gasteiger partial charge in [0, 0.05) is 0 Å². The maximum Gasteiger partial charge on any atom is 0.0555 e. The molecule has 0 aromatic rings. The molecule has 10 heavy (non-hydrogen) atoms. The first-order chi connectivity index (χ1) is 4.35. The molecule has 0 amide bonds. The Balaban J connectivity index is 0. The van der Waals surface area contributed by atoms with Crippen molar-refractivity contribution in [2.75, 3.05) is 0 Å². The third-order valence-electron chi connectivity index (χ3n) is 1.37. The molecule has 0 rings (SSSR count). The summed E-state index contributed by atoms with van der Waals surface area (Å²) in [6, 6.07) is 3.79. The van der Waals surface area contributed by atoms with Crippen molar-refractivity contribution in [2.45, 2.75) is 25.1 Å². The summed E-state index contributed by atoms with van der Waals surface area (Å²) in [6.07, 6.45) is 4.06. The maximum absolute atomic E-state index is 3.72. The van der Waals surface area contributed by atoms with Crippen molar-refractivity contribution in [3.8, 4) is 0 Å². The molecular weight excluding hydrogens is 143 g/mol. The molecule has 0 unspecified atom stereocenters. The van der Waals surface area contributed by atoms with E-state index in [1.54, 1.807) is 0 Å². The van der Waals surface area contributed by atoms with E-state index < -0.39 is 0 Å². The minimum absolute atomic E-state index is 0.